The Bertz CT molecular complexity index is 1540. The standard InChI is InChI=1S/C35H60N2O28/c1-8(43)37-16-9(44)2-35(34(55)56,64-28(16)17(46)10(45)3-38)65-29-19(48)12(5-40)59-33(24(29)53)63-27-15(36)31(58-11(4-39)18(27)47)61-26-14(7-42)60-32(23(52)21(26)50)62-25-13(6-41)57-30(54)22(51)20(25)49/h9-33,38-42,44-54H,2-7,36H2,1H3,(H,37,43)(H,55,56)/t9-,10+,11+,12+,13+,14+,15+,16+,17+,18-,19-,20+,21+,22+,23+,24+,25+,26-,27+,28+,29-,30+,31-,32-,33-,35-/m0/s1. The molecule has 0 aliphatic carbocycles. The summed E-state index contributed by atoms with van der Waals surface area (Å²) < 4.78 is 50.2. The third kappa shape index (κ3) is 11.2. The summed E-state index contributed by atoms with van der Waals surface area (Å²) in [4.78, 5) is 24.8. The molecule has 5 aliphatic rings. The van der Waals surface area contributed by atoms with Gasteiger partial charge in [-0.1, -0.05) is 0 Å². The fraction of sp³-hybridized carbons (Fsp3) is 0.943. The Morgan fingerprint density at radius 2 is 1.12 bits per heavy atom. The summed E-state index contributed by atoms with van der Waals surface area (Å²) >= 11 is 0. The monoisotopic (exact) mass is 956 g/mol. The van der Waals surface area contributed by atoms with Gasteiger partial charge in [0.15, 0.2) is 25.2 Å². The Labute approximate surface area is 367 Å². The molecule has 5 fully saturated rings. The summed E-state index contributed by atoms with van der Waals surface area (Å²) in [5.41, 5.74) is 6.40. The van der Waals surface area contributed by atoms with E-state index in [0.29, 0.717) is 0 Å². The van der Waals surface area contributed by atoms with Gasteiger partial charge in [0, 0.05) is 13.3 Å². The highest BCUT2D eigenvalue weighted by molar-refractivity contribution is 5.76. The SMILES string of the molecule is CC(=O)N[C@H]1[C@H]([C@H](O)[C@H](O)CO)O[C@@](O[C@H]2[C@@H](O)[C@@H](CO)O[C@@H](O[C@@H]3[C@@H](N)[C@H](O[C@@H]4[C@H](O)[C@@H](O)[C@H](O[C@H]5[C@H](O)[C@@H](O)[C@H](O)O[C@@H]5CO)O[C@@H]4CO)O[C@H](CO)[C@@H]3O)[C@@H]2O)(C(=O)O)C[C@@H]1O. The molecule has 0 radical (unpaired) electrons. The summed E-state index contributed by atoms with van der Waals surface area (Å²) in [6.45, 7) is -4.03. The van der Waals surface area contributed by atoms with Gasteiger partial charge in [0.1, 0.15) is 110 Å². The molecule has 5 rings (SSSR count). The van der Waals surface area contributed by atoms with Crippen LogP contribution in [-0.4, -0.2) is 291 Å². The van der Waals surface area contributed by atoms with Crippen LogP contribution in [0.2, 0.25) is 0 Å². The molecule has 378 valence electrons. The van der Waals surface area contributed by atoms with Gasteiger partial charge in [-0.3, -0.25) is 4.79 Å². The minimum atomic E-state index is -3.14. The zero-order valence-electron chi connectivity index (χ0n) is 34.3. The van der Waals surface area contributed by atoms with E-state index in [1.807, 2.05) is 0 Å². The molecule has 0 saturated carbocycles. The van der Waals surface area contributed by atoms with E-state index in [9.17, 15) is 96.4 Å². The lowest BCUT2D eigenvalue weighted by molar-refractivity contribution is -0.387. The Hall–Kier alpha value is -2.10. The first kappa shape index (κ1) is 53.8. The summed E-state index contributed by atoms with van der Waals surface area (Å²) in [6.07, 6.45) is -45.9. The Balaban J connectivity index is 1.36. The third-order valence-corrected chi connectivity index (χ3v) is 11.8. The summed E-state index contributed by atoms with van der Waals surface area (Å²) in [7, 11) is 0. The van der Waals surface area contributed by atoms with E-state index >= 15 is 0 Å². The second-order valence-electron chi connectivity index (χ2n) is 16.2. The summed E-state index contributed by atoms with van der Waals surface area (Å²) in [6, 6.07) is -3.39. The molecule has 0 unspecified atom stereocenters. The van der Waals surface area contributed by atoms with Gasteiger partial charge < -0.3 is 140 Å². The molecule has 65 heavy (non-hydrogen) atoms. The minimum Gasteiger partial charge on any atom is -0.477 e. The molecule has 26 atom stereocenters. The number of ether oxygens (including phenoxy) is 9. The average Bonchev–Trinajstić information content (AvgIpc) is 3.27. The van der Waals surface area contributed by atoms with Gasteiger partial charge in [-0.15, -0.1) is 0 Å². The second kappa shape index (κ2) is 22.5. The topological polar surface area (TPSA) is 499 Å². The Morgan fingerprint density at radius 1 is 0.646 bits per heavy atom. The number of nitrogens with two attached hydrogens (primary N) is 1. The van der Waals surface area contributed by atoms with Crippen molar-refractivity contribution in [3.05, 3.63) is 0 Å². The molecule has 30 heteroatoms. The van der Waals surface area contributed by atoms with E-state index in [-0.39, 0.29) is 0 Å². The molecule has 5 saturated heterocycles. The molecular formula is C35H60N2O28. The number of aliphatic carboxylic acids is 1. The van der Waals surface area contributed by atoms with Gasteiger partial charge in [0.05, 0.1) is 51.2 Å². The molecule has 0 aromatic carbocycles. The molecular weight excluding hydrogens is 896 g/mol. The first-order valence-electron chi connectivity index (χ1n) is 20.3. The number of carbonyl (C=O) groups excluding carboxylic acids is 1. The fourth-order valence-corrected chi connectivity index (χ4v) is 8.19. The van der Waals surface area contributed by atoms with Crippen LogP contribution in [0.25, 0.3) is 0 Å². The number of carbonyl (C=O) groups is 2. The molecule has 0 aromatic heterocycles. The largest absolute Gasteiger partial charge is 0.477 e. The first-order valence-corrected chi connectivity index (χ1v) is 20.3. The number of rotatable bonds is 17. The van der Waals surface area contributed by atoms with Crippen LogP contribution in [0.1, 0.15) is 13.3 Å². The highest BCUT2D eigenvalue weighted by Gasteiger charge is 2.61. The first-order chi connectivity index (χ1) is 30.6. The quantitative estimate of drug-likeness (QED) is 0.0643. The van der Waals surface area contributed by atoms with Crippen molar-refractivity contribution < 1.29 is 139 Å². The number of hydrogen-bond acceptors (Lipinski definition) is 28. The van der Waals surface area contributed by atoms with Crippen molar-refractivity contribution in [1.29, 1.82) is 0 Å². The zero-order chi connectivity index (χ0) is 48.4. The van der Waals surface area contributed by atoms with Gasteiger partial charge in [0.25, 0.3) is 5.79 Å². The third-order valence-electron chi connectivity index (χ3n) is 11.8. The Kier molecular flexibility index (Phi) is 18.7. The van der Waals surface area contributed by atoms with Crippen molar-refractivity contribution in [2.75, 3.05) is 33.0 Å². The van der Waals surface area contributed by atoms with Crippen LogP contribution in [0.4, 0.5) is 0 Å². The van der Waals surface area contributed by atoms with Crippen LogP contribution in [0, 0.1) is 0 Å². The lowest BCUT2D eigenvalue weighted by Crippen LogP contribution is -2.71. The smallest absolute Gasteiger partial charge is 0.364 e. The maximum atomic E-state index is 12.9. The maximum Gasteiger partial charge on any atom is 0.364 e. The molecule has 0 bridgehead atoms. The lowest BCUT2D eigenvalue weighted by Gasteiger charge is -2.51. The van der Waals surface area contributed by atoms with Gasteiger partial charge in [-0.2, -0.15) is 0 Å². The van der Waals surface area contributed by atoms with Crippen LogP contribution < -0.4 is 11.1 Å². The molecule has 0 spiro atoms. The van der Waals surface area contributed by atoms with Gasteiger partial charge in [-0.25, -0.2) is 4.79 Å². The molecule has 5 aliphatic heterocycles. The van der Waals surface area contributed by atoms with E-state index in [1.54, 1.807) is 0 Å². The van der Waals surface area contributed by atoms with Crippen LogP contribution in [-0.2, 0) is 52.2 Å². The average molecular weight is 957 g/mol. The van der Waals surface area contributed by atoms with E-state index < -0.39 is 210 Å². The van der Waals surface area contributed by atoms with Gasteiger partial charge in [0.2, 0.25) is 5.91 Å². The van der Waals surface area contributed by atoms with Crippen LogP contribution in [0.5, 0.6) is 0 Å². The van der Waals surface area contributed by atoms with Crippen LogP contribution in [0.15, 0.2) is 0 Å². The highest BCUT2D eigenvalue weighted by Crippen LogP contribution is 2.39. The number of carboxylic acid groups (broad SMARTS) is 1. The number of carboxylic acids is 1. The van der Waals surface area contributed by atoms with Crippen LogP contribution in [0.3, 0.4) is 0 Å². The molecule has 0 aromatic rings. The Morgan fingerprint density at radius 3 is 1.66 bits per heavy atom. The van der Waals surface area contributed by atoms with Gasteiger partial charge in [-0.05, 0) is 0 Å². The van der Waals surface area contributed by atoms with E-state index in [0.717, 1.165) is 6.92 Å². The minimum absolute atomic E-state index is 0.801. The normalized spacial score (nSPS) is 48.3. The van der Waals surface area contributed by atoms with Crippen molar-refractivity contribution in [3.63, 3.8) is 0 Å². The fourth-order valence-electron chi connectivity index (χ4n) is 8.19. The highest BCUT2D eigenvalue weighted by atomic mass is 16.8. The van der Waals surface area contributed by atoms with Gasteiger partial charge >= 0.3 is 5.97 Å². The molecule has 1 amide bonds. The zero-order valence-corrected chi connectivity index (χ0v) is 34.3. The predicted molar refractivity (Wildman–Crippen MR) is 197 cm³/mol. The summed E-state index contributed by atoms with van der Waals surface area (Å²) in [5.74, 6) is -5.99. The van der Waals surface area contributed by atoms with E-state index in [2.05, 4.69) is 5.32 Å². The van der Waals surface area contributed by atoms with Crippen molar-refractivity contribution in [2.45, 2.75) is 172 Å². The number of aliphatic hydroxyl groups excluding tert-OH is 16. The van der Waals surface area contributed by atoms with Crippen LogP contribution >= 0.6 is 0 Å². The van der Waals surface area contributed by atoms with Crippen molar-refractivity contribution >= 4 is 11.9 Å². The number of amides is 1. The number of nitrogens with one attached hydrogen (secondary N) is 1. The lowest BCUT2D eigenvalue weighted by atomic mass is 9.88. The predicted octanol–water partition coefficient (Wildman–Crippen LogP) is -12.6. The second-order valence-corrected chi connectivity index (χ2v) is 16.2. The number of hydrogen-bond donors (Lipinski definition) is 19. The van der Waals surface area contributed by atoms with Crippen molar-refractivity contribution in [2.24, 2.45) is 5.73 Å². The maximum absolute atomic E-state index is 12.9. The van der Waals surface area contributed by atoms with E-state index in [1.165, 1.54) is 0 Å². The molecule has 20 N–H and O–H groups in total. The van der Waals surface area contributed by atoms with Crippen molar-refractivity contribution in [1.82, 2.24) is 5.32 Å². The summed E-state index contributed by atoms with van der Waals surface area (Å²) in [5, 5.41) is 181. The molecule has 30 nitrogen and oxygen atoms in total. The molecule has 5 heterocycles. The number of aliphatic hydroxyl groups is 16. The van der Waals surface area contributed by atoms with Crippen molar-refractivity contribution in [3.8, 4) is 0 Å². The van der Waals surface area contributed by atoms with E-state index in [4.69, 9.17) is 48.4 Å².